The van der Waals surface area contributed by atoms with Crippen molar-refractivity contribution in [3.05, 3.63) is 18.1 Å². The number of halogens is 1. The van der Waals surface area contributed by atoms with E-state index in [1.807, 2.05) is 6.07 Å². The van der Waals surface area contributed by atoms with Gasteiger partial charge in [-0.2, -0.15) is 0 Å². The van der Waals surface area contributed by atoms with Gasteiger partial charge >= 0.3 is 0 Å². The molecule has 3 unspecified atom stereocenters. The maximum atomic E-state index is 5.48. The molecule has 0 aromatic carbocycles. The average molecular weight is 315 g/mol. The largest absolute Gasteiger partial charge is 0.481 e. The summed E-state index contributed by atoms with van der Waals surface area (Å²) in [5, 5.41) is 0. The molecule has 18 heavy (non-hydrogen) atoms. The Kier molecular flexibility index (Phi) is 4.95. The molecule has 5 heteroatoms. The van der Waals surface area contributed by atoms with E-state index in [9.17, 15) is 0 Å². The predicted octanol–water partition coefficient (Wildman–Crippen LogP) is 2.46. The second-order valence-corrected chi connectivity index (χ2v) is 5.95. The van der Waals surface area contributed by atoms with E-state index in [0.29, 0.717) is 22.5 Å². The number of ether oxygens (including phenoxy) is 2. The zero-order chi connectivity index (χ0) is 13.0. The van der Waals surface area contributed by atoms with Crippen molar-refractivity contribution in [1.29, 1.82) is 0 Å². The van der Waals surface area contributed by atoms with Gasteiger partial charge in [-0.25, -0.2) is 9.97 Å². The first-order chi connectivity index (χ1) is 8.70. The van der Waals surface area contributed by atoms with Crippen molar-refractivity contribution in [3.63, 3.8) is 0 Å². The molecule has 100 valence electrons. The molecule has 1 aliphatic heterocycles. The molecule has 0 radical (unpaired) electrons. The van der Waals surface area contributed by atoms with Crippen LogP contribution in [0.2, 0.25) is 0 Å². The molecule has 0 saturated carbocycles. The summed E-state index contributed by atoms with van der Waals surface area (Å²) >= 11 is 3.81. The van der Waals surface area contributed by atoms with Gasteiger partial charge in [-0.1, -0.05) is 22.9 Å². The van der Waals surface area contributed by atoms with Crippen LogP contribution in [0.1, 0.15) is 19.0 Å². The van der Waals surface area contributed by atoms with Gasteiger partial charge in [0, 0.05) is 36.2 Å². The van der Waals surface area contributed by atoms with E-state index in [1.54, 1.807) is 13.4 Å². The first-order valence-electron chi connectivity index (χ1n) is 6.27. The third-order valence-corrected chi connectivity index (χ3v) is 4.49. The number of nitrogens with zero attached hydrogens (tertiary/aromatic N) is 2. The molecule has 0 N–H and O–H groups in total. The summed E-state index contributed by atoms with van der Waals surface area (Å²) in [6.07, 6.45) is 3.56. The molecule has 0 spiro atoms. The van der Waals surface area contributed by atoms with E-state index in [-0.39, 0.29) is 0 Å². The van der Waals surface area contributed by atoms with Crippen LogP contribution < -0.4 is 4.74 Å². The molecule has 0 amide bonds. The van der Waals surface area contributed by atoms with E-state index < -0.39 is 0 Å². The first-order valence-corrected chi connectivity index (χ1v) is 7.19. The lowest BCUT2D eigenvalue weighted by molar-refractivity contribution is 0.0242. The summed E-state index contributed by atoms with van der Waals surface area (Å²) in [5.41, 5.74) is 1.02. The molecule has 1 aliphatic rings. The molecule has 0 bridgehead atoms. The second kappa shape index (κ2) is 6.48. The third-order valence-electron chi connectivity index (χ3n) is 3.48. The molecule has 2 heterocycles. The SMILES string of the molecule is COc1cc(CC(Br)C2CCOCC2C)ncn1. The number of methoxy groups -OCH3 is 1. The maximum Gasteiger partial charge on any atom is 0.216 e. The minimum absolute atomic E-state index is 0.427. The Morgan fingerprint density at radius 2 is 2.39 bits per heavy atom. The van der Waals surface area contributed by atoms with Crippen molar-refractivity contribution in [2.24, 2.45) is 11.8 Å². The second-order valence-electron chi connectivity index (χ2n) is 4.78. The van der Waals surface area contributed by atoms with Gasteiger partial charge < -0.3 is 9.47 Å². The smallest absolute Gasteiger partial charge is 0.216 e. The lowest BCUT2D eigenvalue weighted by Gasteiger charge is -2.32. The Balaban J connectivity index is 1.98. The monoisotopic (exact) mass is 314 g/mol. The lowest BCUT2D eigenvalue weighted by Crippen LogP contribution is -2.32. The first kappa shape index (κ1) is 13.7. The Hall–Kier alpha value is -0.680. The van der Waals surface area contributed by atoms with Crippen LogP contribution in [0.4, 0.5) is 0 Å². The van der Waals surface area contributed by atoms with Crippen molar-refractivity contribution >= 4 is 15.9 Å². The van der Waals surface area contributed by atoms with Crippen LogP contribution in [0.15, 0.2) is 12.4 Å². The van der Waals surface area contributed by atoms with Crippen molar-refractivity contribution in [2.45, 2.75) is 24.6 Å². The van der Waals surface area contributed by atoms with E-state index in [2.05, 4.69) is 32.8 Å². The highest BCUT2D eigenvalue weighted by Gasteiger charge is 2.28. The highest BCUT2D eigenvalue weighted by molar-refractivity contribution is 9.09. The van der Waals surface area contributed by atoms with Gasteiger partial charge in [-0.05, 0) is 18.3 Å². The van der Waals surface area contributed by atoms with Gasteiger partial charge in [-0.15, -0.1) is 0 Å². The van der Waals surface area contributed by atoms with Crippen LogP contribution >= 0.6 is 15.9 Å². The summed E-state index contributed by atoms with van der Waals surface area (Å²) in [6, 6.07) is 1.90. The van der Waals surface area contributed by atoms with Crippen LogP contribution in [-0.4, -0.2) is 35.1 Å². The number of hydrogen-bond acceptors (Lipinski definition) is 4. The molecule has 1 saturated heterocycles. The van der Waals surface area contributed by atoms with Crippen LogP contribution in [0, 0.1) is 11.8 Å². The molecule has 1 aromatic rings. The fourth-order valence-corrected chi connectivity index (χ4v) is 3.50. The van der Waals surface area contributed by atoms with Crippen LogP contribution in [0.25, 0.3) is 0 Å². The maximum absolute atomic E-state index is 5.48. The average Bonchev–Trinajstić information content (AvgIpc) is 2.39. The summed E-state index contributed by atoms with van der Waals surface area (Å²) in [4.78, 5) is 8.75. The fraction of sp³-hybridized carbons (Fsp3) is 0.692. The Labute approximate surface area is 116 Å². The zero-order valence-electron chi connectivity index (χ0n) is 10.8. The third kappa shape index (κ3) is 3.42. The van der Waals surface area contributed by atoms with Gasteiger partial charge in [0.15, 0.2) is 0 Å². The van der Waals surface area contributed by atoms with Gasteiger partial charge in [-0.3, -0.25) is 0 Å². The summed E-state index contributed by atoms with van der Waals surface area (Å²) in [6.45, 7) is 3.97. The summed E-state index contributed by atoms with van der Waals surface area (Å²) < 4.78 is 10.6. The standard InChI is InChI=1S/C13H19BrN2O2/c1-9-7-18-4-3-11(9)12(14)5-10-6-13(17-2)16-8-15-10/h6,8-9,11-12H,3-5,7H2,1-2H3. The predicted molar refractivity (Wildman–Crippen MR) is 73.1 cm³/mol. The van der Waals surface area contributed by atoms with E-state index >= 15 is 0 Å². The number of aromatic nitrogens is 2. The zero-order valence-corrected chi connectivity index (χ0v) is 12.4. The van der Waals surface area contributed by atoms with Crippen molar-refractivity contribution < 1.29 is 9.47 Å². The summed E-state index contributed by atoms with van der Waals surface area (Å²) in [5.74, 6) is 1.85. The van der Waals surface area contributed by atoms with E-state index in [0.717, 1.165) is 31.7 Å². The minimum atomic E-state index is 0.427. The Morgan fingerprint density at radius 1 is 1.56 bits per heavy atom. The minimum Gasteiger partial charge on any atom is -0.481 e. The van der Waals surface area contributed by atoms with Gasteiger partial charge in [0.1, 0.15) is 6.33 Å². The van der Waals surface area contributed by atoms with Gasteiger partial charge in [0.25, 0.3) is 0 Å². The molecular formula is C13H19BrN2O2. The van der Waals surface area contributed by atoms with Crippen LogP contribution in [0.3, 0.4) is 0 Å². The molecule has 3 atom stereocenters. The Morgan fingerprint density at radius 3 is 3.11 bits per heavy atom. The molecular weight excluding hydrogens is 296 g/mol. The lowest BCUT2D eigenvalue weighted by atomic mass is 9.85. The van der Waals surface area contributed by atoms with E-state index in [1.165, 1.54) is 0 Å². The molecule has 1 fully saturated rings. The fourth-order valence-electron chi connectivity index (χ4n) is 2.39. The van der Waals surface area contributed by atoms with Gasteiger partial charge in [0.05, 0.1) is 7.11 Å². The van der Waals surface area contributed by atoms with Crippen molar-refractivity contribution in [2.75, 3.05) is 20.3 Å². The molecule has 2 rings (SSSR count). The van der Waals surface area contributed by atoms with E-state index in [4.69, 9.17) is 9.47 Å². The Bertz CT molecular complexity index is 389. The van der Waals surface area contributed by atoms with Crippen molar-refractivity contribution in [1.82, 2.24) is 9.97 Å². The molecule has 4 nitrogen and oxygen atoms in total. The highest BCUT2D eigenvalue weighted by atomic mass is 79.9. The number of alkyl halides is 1. The molecule has 1 aromatic heterocycles. The van der Waals surface area contributed by atoms with Crippen molar-refractivity contribution in [3.8, 4) is 5.88 Å². The topological polar surface area (TPSA) is 44.2 Å². The highest BCUT2D eigenvalue weighted by Crippen LogP contribution is 2.30. The van der Waals surface area contributed by atoms with Crippen LogP contribution in [0.5, 0.6) is 5.88 Å². The normalized spacial score (nSPS) is 25.7. The quantitative estimate of drug-likeness (QED) is 0.801. The number of hydrogen-bond donors (Lipinski definition) is 0. The van der Waals surface area contributed by atoms with Crippen LogP contribution in [-0.2, 0) is 11.2 Å². The summed E-state index contributed by atoms with van der Waals surface area (Å²) in [7, 11) is 1.62. The van der Waals surface area contributed by atoms with Gasteiger partial charge in [0.2, 0.25) is 5.88 Å². The number of rotatable bonds is 4. The molecule has 0 aliphatic carbocycles.